The zero-order valence-electron chi connectivity index (χ0n) is 13.6. The van der Waals surface area contributed by atoms with Gasteiger partial charge in [0, 0.05) is 12.6 Å². The molecule has 0 spiro atoms. The van der Waals surface area contributed by atoms with Crippen molar-refractivity contribution in [2.45, 2.75) is 33.2 Å². The van der Waals surface area contributed by atoms with Crippen molar-refractivity contribution in [2.24, 2.45) is 0 Å². The van der Waals surface area contributed by atoms with E-state index in [4.69, 9.17) is 5.11 Å². The average Bonchev–Trinajstić information content (AvgIpc) is 2.89. The minimum atomic E-state index is -0.917. The lowest BCUT2D eigenvalue weighted by molar-refractivity contribution is -0.137. The highest BCUT2D eigenvalue weighted by molar-refractivity contribution is 5.95. The van der Waals surface area contributed by atoms with Gasteiger partial charge in [-0.2, -0.15) is 5.10 Å². The Morgan fingerprint density at radius 1 is 1.26 bits per heavy atom. The molecular formula is C17H21N3O3. The lowest BCUT2D eigenvalue weighted by atomic mass is 10.2. The third-order valence-electron chi connectivity index (χ3n) is 3.69. The highest BCUT2D eigenvalue weighted by Crippen LogP contribution is 2.17. The second kappa shape index (κ2) is 7.09. The average molecular weight is 315 g/mol. The predicted molar refractivity (Wildman–Crippen MR) is 86.7 cm³/mol. The fourth-order valence-corrected chi connectivity index (χ4v) is 2.41. The van der Waals surface area contributed by atoms with Crippen molar-refractivity contribution in [1.29, 1.82) is 0 Å². The molecular weight excluding hydrogens is 294 g/mol. The van der Waals surface area contributed by atoms with Gasteiger partial charge in [0.25, 0.3) is 5.91 Å². The topological polar surface area (TPSA) is 75.4 Å². The number of amides is 1. The summed E-state index contributed by atoms with van der Waals surface area (Å²) >= 11 is 0. The number of para-hydroxylation sites is 1. The summed E-state index contributed by atoms with van der Waals surface area (Å²) in [5, 5.41) is 13.1. The van der Waals surface area contributed by atoms with Gasteiger partial charge in [-0.05, 0) is 32.9 Å². The van der Waals surface area contributed by atoms with Gasteiger partial charge in [0.15, 0.2) is 0 Å². The van der Waals surface area contributed by atoms with Crippen LogP contribution >= 0.6 is 0 Å². The van der Waals surface area contributed by atoms with E-state index in [-0.39, 0.29) is 24.9 Å². The van der Waals surface area contributed by atoms with Gasteiger partial charge in [0.1, 0.15) is 0 Å². The van der Waals surface area contributed by atoms with E-state index in [9.17, 15) is 9.59 Å². The van der Waals surface area contributed by atoms with Crippen LogP contribution in [-0.2, 0) is 4.79 Å². The Kier molecular flexibility index (Phi) is 5.16. The summed E-state index contributed by atoms with van der Waals surface area (Å²) < 4.78 is 1.71. The molecule has 1 amide bonds. The standard InChI is InChI=1S/C17H21N3O3/c1-12(2)19(10-9-16(21)22)17(23)15-11-18-20(13(15)3)14-7-5-4-6-8-14/h4-8,11-12H,9-10H2,1-3H3,(H,21,22). The second-order valence-electron chi connectivity index (χ2n) is 5.63. The predicted octanol–water partition coefficient (Wildman–Crippen LogP) is 2.51. The van der Waals surface area contributed by atoms with Crippen LogP contribution in [0.5, 0.6) is 0 Å². The van der Waals surface area contributed by atoms with Gasteiger partial charge in [-0.1, -0.05) is 18.2 Å². The maximum atomic E-state index is 12.7. The molecule has 0 radical (unpaired) electrons. The van der Waals surface area contributed by atoms with Crippen molar-refractivity contribution in [3.05, 3.63) is 47.8 Å². The molecule has 1 N–H and O–H groups in total. The van der Waals surface area contributed by atoms with E-state index in [1.54, 1.807) is 15.8 Å². The Morgan fingerprint density at radius 3 is 2.48 bits per heavy atom. The summed E-state index contributed by atoms with van der Waals surface area (Å²) in [5.41, 5.74) is 2.11. The number of nitrogens with zero attached hydrogens (tertiary/aromatic N) is 3. The molecule has 0 bridgehead atoms. The number of carbonyl (C=O) groups excluding carboxylic acids is 1. The first kappa shape index (κ1) is 16.7. The molecule has 0 aliphatic carbocycles. The summed E-state index contributed by atoms with van der Waals surface area (Å²) in [4.78, 5) is 25.1. The third kappa shape index (κ3) is 3.77. The smallest absolute Gasteiger partial charge is 0.305 e. The molecule has 6 heteroatoms. The Hall–Kier alpha value is -2.63. The van der Waals surface area contributed by atoms with Crippen LogP contribution in [0.1, 0.15) is 36.3 Å². The molecule has 0 aliphatic rings. The summed E-state index contributed by atoms with van der Waals surface area (Å²) in [6.07, 6.45) is 1.47. The molecule has 0 fully saturated rings. The number of hydrogen-bond donors (Lipinski definition) is 1. The van der Waals surface area contributed by atoms with Gasteiger partial charge in [0.2, 0.25) is 0 Å². The quantitative estimate of drug-likeness (QED) is 0.888. The Labute approximate surface area is 135 Å². The van der Waals surface area contributed by atoms with E-state index >= 15 is 0 Å². The number of aliphatic carboxylic acids is 1. The highest BCUT2D eigenvalue weighted by Gasteiger charge is 2.23. The molecule has 2 aromatic rings. The fourth-order valence-electron chi connectivity index (χ4n) is 2.41. The minimum absolute atomic E-state index is 0.0736. The largest absolute Gasteiger partial charge is 0.481 e. The molecule has 0 atom stereocenters. The maximum absolute atomic E-state index is 12.7. The first-order chi connectivity index (χ1) is 10.9. The Bertz CT molecular complexity index is 692. The van der Waals surface area contributed by atoms with Gasteiger partial charge < -0.3 is 10.0 Å². The number of carboxylic acids is 1. The van der Waals surface area contributed by atoms with E-state index < -0.39 is 5.97 Å². The molecule has 0 saturated carbocycles. The van der Waals surface area contributed by atoms with E-state index in [0.29, 0.717) is 5.56 Å². The number of benzene rings is 1. The molecule has 0 unspecified atom stereocenters. The maximum Gasteiger partial charge on any atom is 0.305 e. The number of carbonyl (C=O) groups is 2. The van der Waals surface area contributed by atoms with Crippen LogP contribution in [0.15, 0.2) is 36.5 Å². The molecule has 1 aromatic carbocycles. The van der Waals surface area contributed by atoms with Crippen LogP contribution in [0.25, 0.3) is 5.69 Å². The van der Waals surface area contributed by atoms with Crippen LogP contribution in [0, 0.1) is 6.92 Å². The number of aromatic nitrogens is 2. The van der Waals surface area contributed by atoms with Crippen LogP contribution in [0.3, 0.4) is 0 Å². The SMILES string of the molecule is Cc1c(C(=O)N(CCC(=O)O)C(C)C)cnn1-c1ccccc1. The first-order valence-corrected chi connectivity index (χ1v) is 7.54. The van der Waals surface area contributed by atoms with E-state index in [1.165, 1.54) is 0 Å². The van der Waals surface area contributed by atoms with E-state index in [2.05, 4.69) is 5.10 Å². The highest BCUT2D eigenvalue weighted by atomic mass is 16.4. The monoisotopic (exact) mass is 315 g/mol. The van der Waals surface area contributed by atoms with Crippen LogP contribution < -0.4 is 0 Å². The summed E-state index contributed by atoms with van der Waals surface area (Å²) in [6, 6.07) is 9.48. The molecule has 2 rings (SSSR count). The molecule has 6 nitrogen and oxygen atoms in total. The van der Waals surface area contributed by atoms with Crippen molar-refractivity contribution < 1.29 is 14.7 Å². The third-order valence-corrected chi connectivity index (χ3v) is 3.69. The zero-order chi connectivity index (χ0) is 17.0. The fraction of sp³-hybridized carbons (Fsp3) is 0.353. The molecule has 122 valence electrons. The molecule has 23 heavy (non-hydrogen) atoms. The van der Waals surface area contributed by atoms with Gasteiger partial charge in [0.05, 0.1) is 29.6 Å². The van der Waals surface area contributed by atoms with Crippen LogP contribution in [0.4, 0.5) is 0 Å². The normalized spacial score (nSPS) is 10.8. The Balaban J connectivity index is 2.28. The summed E-state index contributed by atoms with van der Waals surface area (Å²) in [7, 11) is 0. The lowest BCUT2D eigenvalue weighted by Gasteiger charge is -2.26. The van der Waals surface area contributed by atoms with Crippen molar-refractivity contribution in [3.63, 3.8) is 0 Å². The van der Waals surface area contributed by atoms with E-state index in [0.717, 1.165) is 11.4 Å². The Morgan fingerprint density at radius 2 is 1.91 bits per heavy atom. The number of rotatable bonds is 6. The van der Waals surface area contributed by atoms with Crippen molar-refractivity contribution in [3.8, 4) is 5.69 Å². The lowest BCUT2D eigenvalue weighted by Crippen LogP contribution is -2.38. The molecule has 0 saturated heterocycles. The van der Waals surface area contributed by atoms with Gasteiger partial charge in [-0.3, -0.25) is 9.59 Å². The summed E-state index contributed by atoms with van der Waals surface area (Å²) in [5.74, 6) is -1.11. The van der Waals surface area contributed by atoms with Crippen molar-refractivity contribution >= 4 is 11.9 Å². The van der Waals surface area contributed by atoms with Gasteiger partial charge >= 0.3 is 5.97 Å². The summed E-state index contributed by atoms with van der Waals surface area (Å²) in [6.45, 7) is 5.76. The number of hydrogen-bond acceptors (Lipinski definition) is 3. The van der Waals surface area contributed by atoms with Crippen molar-refractivity contribution in [2.75, 3.05) is 6.54 Å². The second-order valence-corrected chi connectivity index (χ2v) is 5.63. The number of carboxylic acid groups (broad SMARTS) is 1. The van der Waals surface area contributed by atoms with Crippen LogP contribution in [-0.4, -0.2) is 44.3 Å². The van der Waals surface area contributed by atoms with Crippen LogP contribution in [0.2, 0.25) is 0 Å². The first-order valence-electron chi connectivity index (χ1n) is 7.54. The zero-order valence-corrected chi connectivity index (χ0v) is 13.6. The molecule has 1 heterocycles. The van der Waals surface area contributed by atoms with Gasteiger partial charge in [-0.15, -0.1) is 0 Å². The van der Waals surface area contributed by atoms with E-state index in [1.807, 2.05) is 51.1 Å². The molecule has 1 aromatic heterocycles. The van der Waals surface area contributed by atoms with Crippen molar-refractivity contribution in [1.82, 2.24) is 14.7 Å². The molecule has 0 aliphatic heterocycles. The van der Waals surface area contributed by atoms with Gasteiger partial charge in [-0.25, -0.2) is 4.68 Å². The minimum Gasteiger partial charge on any atom is -0.481 e.